The van der Waals surface area contributed by atoms with E-state index in [9.17, 15) is 4.79 Å². The standard InChI is InChI=1S/C14H26O/c1-4-6-13-9-11(2)12(3)14(10-13)7-5-8-15/h8,11-14H,4-7,9-10H2,1-3H3. The number of hydrogen-bond acceptors (Lipinski definition) is 1. The van der Waals surface area contributed by atoms with Gasteiger partial charge in [-0.2, -0.15) is 0 Å². The summed E-state index contributed by atoms with van der Waals surface area (Å²) in [6.45, 7) is 7.05. The van der Waals surface area contributed by atoms with Gasteiger partial charge < -0.3 is 4.79 Å². The second-order valence-corrected chi connectivity index (χ2v) is 5.47. The Balaban J connectivity index is 2.47. The van der Waals surface area contributed by atoms with Gasteiger partial charge in [0.15, 0.2) is 0 Å². The quantitative estimate of drug-likeness (QED) is 0.625. The maximum Gasteiger partial charge on any atom is 0.120 e. The van der Waals surface area contributed by atoms with Gasteiger partial charge in [0.25, 0.3) is 0 Å². The van der Waals surface area contributed by atoms with Crippen LogP contribution in [0, 0.1) is 23.7 Å². The Morgan fingerprint density at radius 2 is 1.93 bits per heavy atom. The van der Waals surface area contributed by atoms with E-state index in [0.717, 1.165) is 42.8 Å². The van der Waals surface area contributed by atoms with Crippen molar-refractivity contribution in [1.82, 2.24) is 0 Å². The number of carbonyl (C=O) groups is 1. The molecule has 1 rings (SSSR count). The molecule has 0 saturated heterocycles. The molecule has 1 saturated carbocycles. The Labute approximate surface area is 94.6 Å². The predicted octanol–water partition coefficient (Wildman–Crippen LogP) is 4.06. The van der Waals surface area contributed by atoms with E-state index in [1.807, 2.05) is 0 Å². The van der Waals surface area contributed by atoms with Crippen molar-refractivity contribution in [1.29, 1.82) is 0 Å². The number of hydrogen-bond donors (Lipinski definition) is 0. The van der Waals surface area contributed by atoms with E-state index in [1.165, 1.54) is 25.7 Å². The Bertz CT molecular complexity index is 188. The average Bonchev–Trinajstić information content (AvgIpc) is 2.21. The van der Waals surface area contributed by atoms with E-state index in [2.05, 4.69) is 20.8 Å². The van der Waals surface area contributed by atoms with Crippen LogP contribution in [0.4, 0.5) is 0 Å². The lowest BCUT2D eigenvalue weighted by Gasteiger charge is -2.39. The van der Waals surface area contributed by atoms with Crippen molar-refractivity contribution in [3.63, 3.8) is 0 Å². The van der Waals surface area contributed by atoms with Gasteiger partial charge in [0.2, 0.25) is 0 Å². The van der Waals surface area contributed by atoms with Crippen LogP contribution in [0.1, 0.15) is 59.3 Å². The Kier molecular flexibility index (Phi) is 5.35. The summed E-state index contributed by atoms with van der Waals surface area (Å²) < 4.78 is 0. The molecule has 1 fully saturated rings. The minimum atomic E-state index is 0.764. The molecule has 15 heavy (non-hydrogen) atoms. The van der Waals surface area contributed by atoms with E-state index in [0.29, 0.717) is 0 Å². The van der Waals surface area contributed by atoms with Crippen LogP contribution >= 0.6 is 0 Å². The van der Waals surface area contributed by atoms with Gasteiger partial charge in [-0.1, -0.05) is 33.6 Å². The molecular weight excluding hydrogens is 184 g/mol. The molecule has 1 heteroatoms. The van der Waals surface area contributed by atoms with Crippen LogP contribution in [0.25, 0.3) is 0 Å². The highest BCUT2D eigenvalue weighted by Gasteiger charge is 2.31. The largest absolute Gasteiger partial charge is 0.303 e. The first-order valence-electron chi connectivity index (χ1n) is 6.62. The highest BCUT2D eigenvalue weighted by Crippen LogP contribution is 2.41. The molecule has 4 atom stereocenters. The van der Waals surface area contributed by atoms with Crippen molar-refractivity contribution in [2.75, 3.05) is 0 Å². The monoisotopic (exact) mass is 210 g/mol. The summed E-state index contributed by atoms with van der Waals surface area (Å²) >= 11 is 0. The molecule has 0 aromatic rings. The maximum absolute atomic E-state index is 10.4. The fourth-order valence-corrected chi connectivity index (χ4v) is 3.25. The maximum atomic E-state index is 10.4. The number of rotatable bonds is 5. The van der Waals surface area contributed by atoms with E-state index >= 15 is 0 Å². The number of aldehydes is 1. The lowest BCUT2D eigenvalue weighted by Crippen LogP contribution is -2.29. The zero-order valence-corrected chi connectivity index (χ0v) is 10.5. The van der Waals surface area contributed by atoms with Crippen molar-refractivity contribution in [2.24, 2.45) is 23.7 Å². The summed E-state index contributed by atoms with van der Waals surface area (Å²) in [4.78, 5) is 10.4. The van der Waals surface area contributed by atoms with E-state index in [-0.39, 0.29) is 0 Å². The summed E-state index contributed by atoms with van der Waals surface area (Å²) in [7, 11) is 0. The third-order valence-electron chi connectivity index (χ3n) is 4.33. The molecule has 0 aromatic carbocycles. The van der Waals surface area contributed by atoms with Gasteiger partial charge in [-0.05, 0) is 42.9 Å². The van der Waals surface area contributed by atoms with Gasteiger partial charge >= 0.3 is 0 Å². The highest BCUT2D eigenvalue weighted by molar-refractivity contribution is 5.49. The molecule has 1 aliphatic rings. The molecule has 0 aliphatic heterocycles. The summed E-state index contributed by atoms with van der Waals surface area (Å²) in [6, 6.07) is 0. The molecule has 88 valence electrons. The predicted molar refractivity (Wildman–Crippen MR) is 64.7 cm³/mol. The van der Waals surface area contributed by atoms with Crippen LogP contribution in [0.5, 0.6) is 0 Å². The fraction of sp³-hybridized carbons (Fsp3) is 0.929. The smallest absolute Gasteiger partial charge is 0.120 e. The van der Waals surface area contributed by atoms with Crippen molar-refractivity contribution >= 4 is 6.29 Å². The van der Waals surface area contributed by atoms with E-state index < -0.39 is 0 Å². The summed E-state index contributed by atoms with van der Waals surface area (Å²) in [5.41, 5.74) is 0. The van der Waals surface area contributed by atoms with Gasteiger partial charge in [0.05, 0.1) is 0 Å². The van der Waals surface area contributed by atoms with Gasteiger partial charge in [0, 0.05) is 6.42 Å². The van der Waals surface area contributed by atoms with Crippen LogP contribution in [-0.2, 0) is 4.79 Å². The van der Waals surface area contributed by atoms with E-state index in [1.54, 1.807) is 0 Å². The van der Waals surface area contributed by atoms with E-state index in [4.69, 9.17) is 0 Å². The fourth-order valence-electron chi connectivity index (χ4n) is 3.25. The lowest BCUT2D eigenvalue weighted by atomic mass is 9.67. The van der Waals surface area contributed by atoms with Crippen molar-refractivity contribution in [3.05, 3.63) is 0 Å². The Morgan fingerprint density at radius 3 is 2.53 bits per heavy atom. The first-order valence-corrected chi connectivity index (χ1v) is 6.62. The first-order chi connectivity index (χ1) is 7.19. The van der Waals surface area contributed by atoms with Gasteiger partial charge in [-0.25, -0.2) is 0 Å². The molecule has 0 aromatic heterocycles. The minimum absolute atomic E-state index is 0.764. The van der Waals surface area contributed by atoms with Gasteiger partial charge in [0.1, 0.15) is 6.29 Å². The van der Waals surface area contributed by atoms with Crippen LogP contribution < -0.4 is 0 Å². The Morgan fingerprint density at radius 1 is 1.20 bits per heavy atom. The van der Waals surface area contributed by atoms with Crippen molar-refractivity contribution in [3.8, 4) is 0 Å². The third kappa shape index (κ3) is 3.62. The van der Waals surface area contributed by atoms with Crippen LogP contribution in [0.15, 0.2) is 0 Å². The average molecular weight is 210 g/mol. The van der Waals surface area contributed by atoms with Crippen LogP contribution in [-0.4, -0.2) is 6.29 Å². The van der Waals surface area contributed by atoms with Gasteiger partial charge in [-0.3, -0.25) is 0 Å². The van der Waals surface area contributed by atoms with Crippen molar-refractivity contribution < 1.29 is 4.79 Å². The summed E-state index contributed by atoms with van der Waals surface area (Å²) in [5.74, 6) is 3.40. The highest BCUT2D eigenvalue weighted by atomic mass is 16.1. The zero-order valence-electron chi connectivity index (χ0n) is 10.5. The van der Waals surface area contributed by atoms with Crippen LogP contribution in [0.2, 0.25) is 0 Å². The molecule has 1 nitrogen and oxygen atoms in total. The molecule has 1 aliphatic carbocycles. The number of carbonyl (C=O) groups excluding carboxylic acids is 1. The molecular formula is C14H26O. The second kappa shape index (κ2) is 6.30. The molecule has 0 bridgehead atoms. The van der Waals surface area contributed by atoms with Crippen LogP contribution in [0.3, 0.4) is 0 Å². The summed E-state index contributed by atoms with van der Waals surface area (Å²) in [6.07, 6.45) is 8.44. The minimum Gasteiger partial charge on any atom is -0.303 e. The molecule has 0 amide bonds. The normalized spacial score (nSPS) is 36.5. The SMILES string of the molecule is CCCC1CC(C)C(C)C(CCC=O)C1. The summed E-state index contributed by atoms with van der Waals surface area (Å²) in [5, 5.41) is 0. The topological polar surface area (TPSA) is 17.1 Å². The van der Waals surface area contributed by atoms with Crippen molar-refractivity contribution in [2.45, 2.75) is 59.3 Å². The second-order valence-electron chi connectivity index (χ2n) is 5.47. The molecule has 0 spiro atoms. The van der Waals surface area contributed by atoms with Gasteiger partial charge in [-0.15, -0.1) is 0 Å². The Hall–Kier alpha value is -0.330. The zero-order chi connectivity index (χ0) is 11.3. The lowest BCUT2D eigenvalue weighted by molar-refractivity contribution is -0.108. The molecule has 4 unspecified atom stereocenters. The molecule has 0 heterocycles. The first kappa shape index (κ1) is 12.7. The molecule has 0 radical (unpaired) electrons. The third-order valence-corrected chi connectivity index (χ3v) is 4.33. The molecule has 0 N–H and O–H groups in total.